The van der Waals surface area contributed by atoms with Crippen molar-refractivity contribution in [2.75, 3.05) is 19.6 Å². The number of nitrogens with one attached hydrogen (secondary N) is 1. The molecule has 3 aromatic rings. The Morgan fingerprint density at radius 1 is 1.03 bits per heavy atom. The van der Waals surface area contributed by atoms with Gasteiger partial charge in [0.05, 0.1) is 5.69 Å². The van der Waals surface area contributed by atoms with Gasteiger partial charge in [-0.25, -0.2) is 0 Å². The Morgan fingerprint density at radius 2 is 1.88 bits per heavy atom. The number of hydrogen-bond donors (Lipinski definition) is 1. The molecule has 1 fully saturated rings. The average molecular weight is 455 g/mol. The number of nitrogens with zero attached hydrogens (tertiary/aromatic N) is 3. The third-order valence-corrected chi connectivity index (χ3v) is 6.46. The molecule has 1 N–H and O–H groups in total. The minimum atomic E-state index is -0.0382. The average Bonchev–Trinajstić information content (AvgIpc) is 2.89. The predicted molar refractivity (Wildman–Crippen MR) is 138 cm³/mol. The minimum absolute atomic E-state index is 0.0382. The van der Waals surface area contributed by atoms with Gasteiger partial charge in [-0.2, -0.15) is 0 Å². The lowest BCUT2D eigenvalue weighted by Gasteiger charge is -2.32. The Morgan fingerprint density at radius 3 is 2.68 bits per heavy atom. The van der Waals surface area contributed by atoms with Crippen molar-refractivity contribution < 1.29 is 4.79 Å². The largest absolute Gasteiger partial charge is 0.353 e. The molecule has 0 saturated carbocycles. The van der Waals surface area contributed by atoms with Crippen LogP contribution in [0.15, 0.2) is 79.3 Å². The van der Waals surface area contributed by atoms with Gasteiger partial charge in [-0.3, -0.25) is 19.7 Å². The highest BCUT2D eigenvalue weighted by atomic mass is 16.1. The van der Waals surface area contributed by atoms with E-state index in [4.69, 9.17) is 0 Å². The molecule has 1 amide bonds. The van der Waals surface area contributed by atoms with Crippen LogP contribution in [0, 0.1) is 5.92 Å². The van der Waals surface area contributed by atoms with Crippen LogP contribution in [-0.2, 0) is 11.3 Å². The molecule has 34 heavy (non-hydrogen) atoms. The number of aromatic nitrogens is 2. The van der Waals surface area contributed by atoms with Crippen LogP contribution in [0.3, 0.4) is 0 Å². The lowest BCUT2D eigenvalue weighted by Crippen LogP contribution is -2.33. The smallest absolute Gasteiger partial charge is 0.243 e. The molecule has 0 aliphatic carbocycles. The summed E-state index contributed by atoms with van der Waals surface area (Å²) in [4.78, 5) is 23.1. The summed E-state index contributed by atoms with van der Waals surface area (Å²) in [5, 5.41) is 2.98. The maximum atomic E-state index is 11.9. The van der Waals surface area contributed by atoms with Crippen LogP contribution >= 0.6 is 0 Å². The summed E-state index contributed by atoms with van der Waals surface area (Å²) in [6.45, 7) is 4.04. The molecule has 5 nitrogen and oxygen atoms in total. The number of likely N-dealkylation sites (tertiary alicyclic amines) is 1. The first-order valence-electron chi connectivity index (χ1n) is 12.3. The van der Waals surface area contributed by atoms with E-state index in [1.807, 2.05) is 24.4 Å². The molecule has 0 atom stereocenters. The molecule has 1 aliphatic rings. The Hall–Kier alpha value is -3.31. The topological polar surface area (TPSA) is 58.1 Å². The van der Waals surface area contributed by atoms with Crippen LogP contribution in [0.2, 0.25) is 0 Å². The van der Waals surface area contributed by atoms with Crippen molar-refractivity contribution in [1.29, 1.82) is 0 Å². The number of pyridine rings is 2. The van der Waals surface area contributed by atoms with Gasteiger partial charge in [-0.05, 0) is 73.7 Å². The van der Waals surface area contributed by atoms with Gasteiger partial charge in [0.25, 0.3) is 0 Å². The quantitative estimate of drug-likeness (QED) is 0.331. The molecule has 1 aliphatic heterocycles. The molecule has 3 heterocycles. The van der Waals surface area contributed by atoms with Gasteiger partial charge in [0, 0.05) is 43.3 Å². The maximum absolute atomic E-state index is 11.9. The SMILES string of the molecule is O=C(C=Cc1cccnc1)NCCCCC1CCN(Cc2ccnc(-c3ccccc3)c2)CC1. The fourth-order valence-corrected chi connectivity index (χ4v) is 4.51. The van der Waals surface area contributed by atoms with Gasteiger partial charge in [0.2, 0.25) is 5.91 Å². The fraction of sp³-hybridized carbons (Fsp3) is 0.345. The summed E-state index contributed by atoms with van der Waals surface area (Å²) in [5.74, 6) is 0.762. The third kappa shape index (κ3) is 7.63. The van der Waals surface area contributed by atoms with E-state index >= 15 is 0 Å². The summed E-state index contributed by atoms with van der Waals surface area (Å²) in [6.07, 6.45) is 14.8. The summed E-state index contributed by atoms with van der Waals surface area (Å²) in [5.41, 5.74) is 4.49. The van der Waals surface area contributed by atoms with Crippen molar-refractivity contribution in [1.82, 2.24) is 20.2 Å². The van der Waals surface area contributed by atoms with Crippen molar-refractivity contribution in [3.05, 3.63) is 90.4 Å². The van der Waals surface area contributed by atoms with Crippen LogP contribution in [0.25, 0.3) is 17.3 Å². The number of amides is 1. The van der Waals surface area contributed by atoms with E-state index < -0.39 is 0 Å². The van der Waals surface area contributed by atoms with Crippen LogP contribution in [0.1, 0.15) is 43.2 Å². The van der Waals surface area contributed by atoms with Gasteiger partial charge in [-0.1, -0.05) is 49.2 Å². The maximum Gasteiger partial charge on any atom is 0.243 e. The fourth-order valence-electron chi connectivity index (χ4n) is 4.51. The zero-order chi connectivity index (χ0) is 23.4. The first-order valence-corrected chi connectivity index (χ1v) is 12.3. The van der Waals surface area contributed by atoms with Crippen molar-refractivity contribution >= 4 is 12.0 Å². The van der Waals surface area contributed by atoms with Crippen LogP contribution in [-0.4, -0.2) is 40.4 Å². The van der Waals surface area contributed by atoms with E-state index in [1.165, 1.54) is 36.8 Å². The zero-order valence-electron chi connectivity index (χ0n) is 19.8. The highest BCUT2D eigenvalue weighted by molar-refractivity contribution is 5.91. The molecule has 0 spiro atoms. The molecule has 0 bridgehead atoms. The van der Waals surface area contributed by atoms with Crippen molar-refractivity contribution in [2.24, 2.45) is 5.92 Å². The van der Waals surface area contributed by atoms with E-state index in [9.17, 15) is 4.79 Å². The monoisotopic (exact) mass is 454 g/mol. The molecular weight excluding hydrogens is 420 g/mol. The molecule has 2 aromatic heterocycles. The highest BCUT2D eigenvalue weighted by Crippen LogP contribution is 2.24. The second-order valence-corrected chi connectivity index (χ2v) is 9.04. The van der Waals surface area contributed by atoms with Crippen molar-refractivity contribution in [3.63, 3.8) is 0 Å². The van der Waals surface area contributed by atoms with Gasteiger partial charge in [0.1, 0.15) is 0 Å². The zero-order valence-corrected chi connectivity index (χ0v) is 19.8. The number of carbonyl (C=O) groups excluding carboxylic acids is 1. The number of piperidine rings is 1. The number of carbonyl (C=O) groups is 1. The van der Waals surface area contributed by atoms with Gasteiger partial charge in [0.15, 0.2) is 0 Å². The van der Waals surface area contributed by atoms with Crippen molar-refractivity contribution in [2.45, 2.75) is 38.6 Å². The second-order valence-electron chi connectivity index (χ2n) is 9.04. The van der Waals surface area contributed by atoms with Crippen molar-refractivity contribution in [3.8, 4) is 11.3 Å². The molecule has 1 aromatic carbocycles. The normalized spacial score (nSPS) is 14.9. The van der Waals surface area contributed by atoms with E-state index in [0.29, 0.717) is 0 Å². The first-order chi connectivity index (χ1) is 16.8. The molecular formula is C29H34N4O. The van der Waals surface area contributed by atoms with E-state index in [0.717, 1.165) is 49.8 Å². The second kappa shape index (κ2) is 12.8. The van der Waals surface area contributed by atoms with Gasteiger partial charge < -0.3 is 5.32 Å². The van der Waals surface area contributed by atoms with E-state index in [-0.39, 0.29) is 5.91 Å². The predicted octanol–water partition coefficient (Wildman–Crippen LogP) is 5.36. The van der Waals surface area contributed by atoms with Gasteiger partial charge in [-0.15, -0.1) is 0 Å². The third-order valence-electron chi connectivity index (χ3n) is 6.46. The molecule has 5 heteroatoms. The lowest BCUT2D eigenvalue weighted by molar-refractivity contribution is -0.116. The van der Waals surface area contributed by atoms with Gasteiger partial charge >= 0.3 is 0 Å². The molecule has 0 unspecified atom stereocenters. The Labute approximate surface area is 203 Å². The van der Waals surface area contributed by atoms with Crippen LogP contribution < -0.4 is 5.32 Å². The van der Waals surface area contributed by atoms with Crippen LogP contribution in [0.4, 0.5) is 0 Å². The number of rotatable bonds is 10. The Bertz CT molecular complexity index is 1040. The molecule has 4 rings (SSSR count). The summed E-state index contributed by atoms with van der Waals surface area (Å²) < 4.78 is 0. The lowest BCUT2D eigenvalue weighted by atomic mass is 9.91. The molecule has 176 valence electrons. The van der Waals surface area contributed by atoms with E-state index in [2.05, 4.69) is 56.6 Å². The molecule has 0 radical (unpaired) electrons. The Balaban J connectivity index is 1.10. The summed E-state index contributed by atoms with van der Waals surface area (Å²) in [7, 11) is 0. The standard InChI is InChI=1S/C29H34N4O/c34-29(12-11-25-8-6-16-30-22-25)32-17-5-4-7-24-14-19-33(20-15-24)23-26-13-18-31-28(21-26)27-9-2-1-3-10-27/h1-3,6,8-13,16,18,21-22,24H,4-5,7,14-15,17,19-20,23H2,(H,32,34). The number of unbranched alkanes of at least 4 members (excludes halogenated alkanes) is 1. The van der Waals surface area contributed by atoms with E-state index in [1.54, 1.807) is 24.5 Å². The first kappa shape index (κ1) is 23.8. The Kier molecular flexibility index (Phi) is 8.98. The summed E-state index contributed by atoms with van der Waals surface area (Å²) >= 11 is 0. The number of benzene rings is 1. The summed E-state index contributed by atoms with van der Waals surface area (Å²) in [6, 6.07) is 18.5. The van der Waals surface area contributed by atoms with Crippen LogP contribution in [0.5, 0.6) is 0 Å². The molecule has 1 saturated heterocycles. The minimum Gasteiger partial charge on any atom is -0.353 e. The highest BCUT2D eigenvalue weighted by Gasteiger charge is 2.19. The number of hydrogen-bond acceptors (Lipinski definition) is 4.